The first-order chi connectivity index (χ1) is 12.1. The van der Waals surface area contributed by atoms with Gasteiger partial charge in [0.1, 0.15) is 17.8 Å². The van der Waals surface area contributed by atoms with Crippen LogP contribution < -0.4 is 5.32 Å². The fourth-order valence-electron chi connectivity index (χ4n) is 2.15. The average molecular weight is 340 g/mol. The largest absolute Gasteiger partial charge is 0.348 e. The lowest BCUT2D eigenvalue weighted by Gasteiger charge is -2.09. The number of aromatic nitrogens is 5. The van der Waals surface area contributed by atoms with Crippen molar-refractivity contribution in [3.05, 3.63) is 42.4 Å². The number of amides is 1. The summed E-state index contributed by atoms with van der Waals surface area (Å²) in [5, 5.41) is 6.76. The maximum absolute atomic E-state index is 12.1. The number of carbonyl (C=O) groups is 1. The van der Waals surface area contributed by atoms with Gasteiger partial charge in [0, 0.05) is 24.9 Å². The van der Waals surface area contributed by atoms with Crippen LogP contribution in [0.2, 0.25) is 0 Å². The van der Waals surface area contributed by atoms with E-state index < -0.39 is 0 Å². The van der Waals surface area contributed by atoms with Crippen molar-refractivity contribution >= 4 is 5.91 Å². The molecule has 3 aromatic rings. The fourth-order valence-corrected chi connectivity index (χ4v) is 2.15. The van der Waals surface area contributed by atoms with Crippen LogP contribution in [0.15, 0.2) is 35.4 Å². The van der Waals surface area contributed by atoms with Crippen molar-refractivity contribution in [3.8, 4) is 17.3 Å². The summed E-state index contributed by atoms with van der Waals surface area (Å²) in [6.07, 6.45) is 6.45. The first kappa shape index (κ1) is 16.8. The van der Waals surface area contributed by atoms with Crippen LogP contribution in [-0.2, 0) is 6.42 Å². The van der Waals surface area contributed by atoms with E-state index in [1.165, 1.54) is 0 Å². The molecule has 3 heterocycles. The van der Waals surface area contributed by atoms with E-state index in [-0.39, 0.29) is 11.9 Å². The van der Waals surface area contributed by atoms with Crippen molar-refractivity contribution in [2.45, 2.75) is 39.7 Å². The molecule has 0 spiro atoms. The molecule has 3 rings (SSSR count). The number of carbonyl (C=O) groups excluding carboxylic acids is 1. The molecule has 25 heavy (non-hydrogen) atoms. The highest BCUT2D eigenvalue weighted by Crippen LogP contribution is 2.17. The summed E-state index contributed by atoms with van der Waals surface area (Å²) < 4.78 is 6.89. The van der Waals surface area contributed by atoms with E-state index in [0.29, 0.717) is 29.6 Å². The Hall–Kier alpha value is -3.03. The molecule has 0 saturated carbocycles. The van der Waals surface area contributed by atoms with Gasteiger partial charge in [0.2, 0.25) is 0 Å². The van der Waals surface area contributed by atoms with E-state index in [0.717, 1.165) is 12.0 Å². The molecule has 1 amide bonds. The number of rotatable bonds is 6. The van der Waals surface area contributed by atoms with Gasteiger partial charge in [-0.05, 0) is 25.5 Å². The molecule has 0 fully saturated rings. The van der Waals surface area contributed by atoms with Gasteiger partial charge in [-0.1, -0.05) is 19.0 Å². The molecule has 3 aromatic heterocycles. The number of nitrogens with one attached hydrogen (secondary N) is 1. The minimum Gasteiger partial charge on any atom is -0.348 e. The van der Waals surface area contributed by atoms with Crippen LogP contribution in [0.1, 0.15) is 43.5 Å². The molecule has 1 unspecified atom stereocenters. The summed E-state index contributed by atoms with van der Waals surface area (Å²) in [4.78, 5) is 24.9. The lowest BCUT2D eigenvalue weighted by Crippen LogP contribution is -2.32. The third-order valence-electron chi connectivity index (χ3n) is 3.85. The second-order valence-corrected chi connectivity index (χ2v) is 5.72. The van der Waals surface area contributed by atoms with Gasteiger partial charge in [0.15, 0.2) is 5.82 Å². The van der Waals surface area contributed by atoms with Gasteiger partial charge in [0.25, 0.3) is 11.8 Å². The normalized spacial score (nSPS) is 12.1. The fraction of sp³-hybridized carbons (Fsp3) is 0.353. The Labute approximate surface area is 145 Å². The van der Waals surface area contributed by atoms with Gasteiger partial charge in [-0.3, -0.25) is 9.36 Å². The zero-order valence-corrected chi connectivity index (χ0v) is 14.4. The smallest absolute Gasteiger partial charge is 0.271 e. The van der Waals surface area contributed by atoms with Crippen LogP contribution in [0, 0.1) is 0 Å². The lowest BCUT2D eigenvalue weighted by molar-refractivity contribution is 0.0934. The van der Waals surface area contributed by atoms with E-state index in [1.807, 2.05) is 32.9 Å². The predicted octanol–water partition coefficient (Wildman–Crippen LogP) is 2.41. The molecule has 130 valence electrons. The Morgan fingerprint density at radius 3 is 2.80 bits per heavy atom. The van der Waals surface area contributed by atoms with E-state index in [1.54, 1.807) is 23.3 Å². The van der Waals surface area contributed by atoms with E-state index in [2.05, 4.69) is 25.4 Å². The minimum absolute atomic E-state index is 0.109. The molecule has 1 atom stereocenters. The van der Waals surface area contributed by atoms with Gasteiger partial charge in [-0.2, -0.15) is 4.98 Å². The summed E-state index contributed by atoms with van der Waals surface area (Å²) in [7, 11) is 0. The van der Waals surface area contributed by atoms with Gasteiger partial charge < -0.3 is 9.84 Å². The van der Waals surface area contributed by atoms with E-state index >= 15 is 0 Å². The number of pyridine rings is 1. The molecule has 0 aliphatic heterocycles. The topological polar surface area (TPSA) is 98.7 Å². The second-order valence-electron chi connectivity index (χ2n) is 5.72. The Kier molecular flexibility index (Phi) is 4.87. The first-order valence-corrected chi connectivity index (χ1v) is 8.25. The summed E-state index contributed by atoms with van der Waals surface area (Å²) in [5.41, 5.74) is 1.10. The maximum Gasteiger partial charge on any atom is 0.271 e. The maximum atomic E-state index is 12.1. The number of imidazole rings is 1. The predicted molar refractivity (Wildman–Crippen MR) is 91.2 cm³/mol. The van der Waals surface area contributed by atoms with Crippen LogP contribution in [0.5, 0.6) is 0 Å². The number of nitrogens with zero attached hydrogens (tertiary/aromatic N) is 5. The third-order valence-corrected chi connectivity index (χ3v) is 3.85. The van der Waals surface area contributed by atoms with Crippen molar-refractivity contribution in [1.29, 1.82) is 0 Å². The number of hydrogen-bond acceptors (Lipinski definition) is 6. The summed E-state index contributed by atoms with van der Waals surface area (Å²) in [6.45, 7) is 5.93. The SMILES string of the molecule is CCc1noc(-c2ccc(-n3cnc(C(=O)NC(C)CC)c3)nc2)n1. The Bertz CT molecular complexity index is 852. The van der Waals surface area contributed by atoms with Crippen molar-refractivity contribution in [3.63, 3.8) is 0 Å². The Morgan fingerprint density at radius 1 is 1.32 bits per heavy atom. The van der Waals surface area contributed by atoms with Gasteiger partial charge in [-0.15, -0.1) is 0 Å². The molecular formula is C17H20N6O2. The summed E-state index contributed by atoms with van der Waals surface area (Å²) >= 11 is 0. The number of hydrogen-bond donors (Lipinski definition) is 1. The van der Waals surface area contributed by atoms with E-state index in [4.69, 9.17) is 4.52 Å². The first-order valence-electron chi connectivity index (χ1n) is 8.25. The molecule has 0 bridgehead atoms. The summed E-state index contributed by atoms with van der Waals surface area (Å²) in [6, 6.07) is 3.76. The Balaban J connectivity index is 1.75. The van der Waals surface area contributed by atoms with Crippen LogP contribution in [0.4, 0.5) is 0 Å². The van der Waals surface area contributed by atoms with Crippen LogP contribution >= 0.6 is 0 Å². The molecule has 0 aliphatic carbocycles. The van der Waals surface area contributed by atoms with Gasteiger partial charge in [0.05, 0.1) is 5.56 Å². The standard InChI is InChI=1S/C17H20N6O2/c1-4-11(3)20-16(24)13-9-23(10-19-13)15-7-6-12(8-18-15)17-21-14(5-2)22-25-17/h6-11H,4-5H2,1-3H3,(H,20,24). The highest BCUT2D eigenvalue weighted by atomic mass is 16.5. The molecule has 0 radical (unpaired) electrons. The monoisotopic (exact) mass is 340 g/mol. The quantitative estimate of drug-likeness (QED) is 0.740. The zero-order valence-electron chi connectivity index (χ0n) is 14.4. The molecule has 0 saturated heterocycles. The molecular weight excluding hydrogens is 320 g/mol. The molecule has 0 aliphatic rings. The Morgan fingerprint density at radius 2 is 2.16 bits per heavy atom. The highest BCUT2D eigenvalue weighted by Gasteiger charge is 2.13. The minimum atomic E-state index is -0.192. The molecule has 8 heteroatoms. The summed E-state index contributed by atoms with van der Waals surface area (Å²) in [5.74, 6) is 1.55. The van der Waals surface area contributed by atoms with Crippen molar-refractivity contribution < 1.29 is 9.32 Å². The second kappa shape index (κ2) is 7.25. The average Bonchev–Trinajstić information content (AvgIpc) is 3.31. The van der Waals surface area contributed by atoms with Crippen LogP contribution in [0.25, 0.3) is 17.3 Å². The third kappa shape index (κ3) is 3.73. The molecule has 8 nitrogen and oxygen atoms in total. The van der Waals surface area contributed by atoms with Gasteiger partial charge >= 0.3 is 0 Å². The van der Waals surface area contributed by atoms with Crippen molar-refractivity contribution in [2.75, 3.05) is 0 Å². The number of aryl methyl sites for hydroxylation is 1. The van der Waals surface area contributed by atoms with E-state index in [9.17, 15) is 4.79 Å². The molecule has 0 aromatic carbocycles. The van der Waals surface area contributed by atoms with Crippen LogP contribution in [-0.4, -0.2) is 36.6 Å². The van der Waals surface area contributed by atoms with Crippen molar-refractivity contribution in [2.24, 2.45) is 0 Å². The zero-order chi connectivity index (χ0) is 17.8. The molecule has 1 N–H and O–H groups in total. The van der Waals surface area contributed by atoms with Crippen LogP contribution in [0.3, 0.4) is 0 Å². The lowest BCUT2D eigenvalue weighted by atomic mass is 10.2. The van der Waals surface area contributed by atoms with Crippen molar-refractivity contribution in [1.82, 2.24) is 30.0 Å². The highest BCUT2D eigenvalue weighted by molar-refractivity contribution is 5.92. The van der Waals surface area contributed by atoms with Gasteiger partial charge in [-0.25, -0.2) is 9.97 Å².